The summed E-state index contributed by atoms with van der Waals surface area (Å²) in [5.41, 5.74) is 4.78. The van der Waals surface area contributed by atoms with Crippen LogP contribution in [-0.4, -0.2) is 44.7 Å². The molecule has 6 rings (SSSR count). The average Bonchev–Trinajstić information content (AvgIpc) is 3.66. The van der Waals surface area contributed by atoms with E-state index in [-0.39, 0.29) is 30.7 Å². The summed E-state index contributed by atoms with van der Waals surface area (Å²) in [5, 5.41) is 36.6. The van der Waals surface area contributed by atoms with E-state index < -0.39 is 23.9 Å². The van der Waals surface area contributed by atoms with E-state index in [2.05, 4.69) is 25.1 Å². The topological polar surface area (TPSA) is 98.1 Å². The SMILES string of the molecule is CCCC1=C([C@H](O)CC/C(=C/c2ccc(O)c3ccccc23)c2ccccc2)[C@H](CO)[C@@H]2C(=O)N(Cc3cccs3)C(=O)[C@@H]2C1. The zero-order valence-corrected chi connectivity index (χ0v) is 26.2. The van der Waals surface area contributed by atoms with Crippen LogP contribution in [0.5, 0.6) is 5.75 Å². The van der Waals surface area contributed by atoms with Crippen molar-refractivity contribution in [1.82, 2.24) is 4.90 Å². The molecule has 2 amide bonds. The number of imide groups is 1. The second-order valence-corrected chi connectivity index (χ2v) is 13.1. The molecule has 7 heteroatoms. The molecule has 0 radical (unpaired) electrons. The Morgan fingerprint density at radius 2 is 1.73 bits per heavy atom. The Kier molecular flexibility index (Phi) is 9.31. The van der Waals surface area contributed by atoms with Crippen molar-refractivity contribution in [2.75, 3.05) is 6.61 Å². The van der Waals surface area contributed by atoms with Crippen molar-refractivity contribution >= 4 is 45.6 Å². The monoisotopic (exact) mass is 621 g/mol. The lowest BCUT2D eigenvalue weighted by Crippen LogP contribution is -2.39. The molecule has 1 saturated heterocycles. The summed E-state index contributed by atoms with van der Waals surface area (Å²) in [5.74, 6) is -1.96. The van der Waals surface area contributed by atoms with Gasteiger partial charge in [-0.15, -0.1) is 11.3 Å². The molecule has 2 heterocycles. The molecular formula is C38H39NO5S. The predicted octanol–water partition coefficient (Wildman–Crippen LogP) is 7.20. The molecule has 4 aromatic rings. The number of likely N-dealkylation sites (tertiary alicyclic amines) is 1. The van der Waals surface area contributed by atoms with Gasteiger partial charge < -0.3 is 15.3 Å². The van der Waals surface area contributed by atoms with Gasteiger partial charge >= 0.3 is 0 Å². The molecule has 1 aliphatic carbocycles. The summed E-state index contributed by atoms with van der Waals surface area (Å²) in [6, 6.07) is 25.3. The Morgan fingerprint density at radius 3 is 2.44 bits per heavy atom. The fraction of sp³-hybridized carbons (Fsp3) is 0.316. The minimum Gasteiger partial charge on any atom is -0.507 e. The predicted molar refractivity (Wildman–Crippen MR) is 179 cm³/mol. The van der Waals surface area contributed by atoms with E-state index in [1.807, 2.05) is 66.0 Å². The van der Waals surface area contributed by atoms with E-state index in [0.717, 1.165) is 49.9 Å². The van der Waals surface area contributed by atoms with Crippen LogP contribution in [0.25, 0.3) is 22.4 Å². The second kappa shape index (κ2) is 13.5. The van der Waals surface area contributed by atoms with Gasteiger partial charge in [-0.25, -0.2) is 0 Å². The quantitative estimate of drug-likeness (QED) is 0.0935. The molecule has 1 fully saturated rings. The summed E-state index contributed by atoms with van der Waals surface area (Å²) in [4.78, 5) is 29.6. The number of hydrogen-bond acceptors (Lipinski definition) is 6. The standard InChI is InChI=1S/C38H39NO5S/c1-2-9-27-21-31-36(38(44)39(37(31)43)22-28-12-8-19-45-28)32(23-40)35(27)34(42)18-15-25(24-10-4-3-5-11-24)20-26-16-17-33(41)30-14-7-6-13-29(26)30/h3-8,10-14,16-17,19-20,31-32,34,36,40-42H,2,9,15,18,21-23H2,1H3/b25-20-/t31-,32+,34-,36-/m1/s1. The molecule has 4 atom stereocenters. The van der Waals surface area contributed by atoms with E-state index in [0.29, 0.717) is 25.7 Å². The van der Waals surface area contributed by atoms with Gasteiger partial charge in [-0.1, -0.05) is 91.7 Å². The average molecular weight is 622 g/mol. The van der Waals surface area contributed by atoms with Crippen molar-refractivity contribution in [1.29, 1.82) is 0 Å². The number of carbonyl (C=O) groups is 2. The number of allylic oxidation sites excluding steroid dienone is 2. The zero-order chi connectivity index (χ0) is 31.5. The minimum absolute atomic E-state index is 0.172. The lowest BCUT2D eigenvalue weighted by atomic mass is 9.67. The molecule has 1 aromatic heterocycles. The maximum Gasteiger partial charge on any atom is 0.234 e. The van der Waals surface area contributed by atoms with E-state index in [1.165, 1.54) is 16.2 Å². The molecule has 2 aliphatic rings. The molecular weight excluding hydrogens is 582 g/mol. The largest absolute Gasteiger partial charge is 0.507 e. The first-order valence-corrected chi connectivity index (χ1v) is 16.6. The molecule has 0 unspecified atom stereocenters. The number of phenolic OH excluding ortho intramolecular Hbond substituents is 1. The summed E-state index contributed by atoms with van der Waals surface area (Å²) >= 11 is 1.51. The number of carbonyl (C=O) groups excluding carboxylic acids is 2. The van der Waals surface area contributed by atoms with Crippen molar-refractivity contribution in [3.63, 3.8) is 0 Å². The van der Waals surface area contributed by atoms with Crippen LogP contribution in [0.3, 0.4) is 0 Å². The fourth-order valence-electron chi connectivity index (χ4n) is 7.30. The highest BCUT2D eigenvalue weighted by atomic mass is 32.1. The van der Waals surface area contributed by atoms with Gasteiger partial charge in [-0.05, 0) is 70.9 Å². The smallest absolute Gasteiger partial charge is 0.234 e. The van der Waals surface area contributed by atoms with E-state index in [1.54, 1.807) is 6.07 Å². The second-order valence-electron chi connectivity index (χ2n) is 12.1. The number of amides is 2. The van der Waals surface area contributed by atoms with E-state index in [4.69, 9.17) is 0 Å². The van der Waals surface area contributed by atoms with Crippen molar-refractivity contribution in [3.05, 3.63) is 111 Å². The molecule has 0 bridgehead atoms. The molecule has 232 valence electrons. The van der Waals surface area contributed by atoms with Gasteiger partial charge in [-0.3, -0.25) is 14.5 Å². The number of phenols is 1. The fourth-order valence-corrected chi connectivity index (χ4v) is 7.99. The molecule has 6 nitrogen and oxygen atoms in total. The minimum atomic E-state index is -0.873. The maximum absolute atomic E-state index is 13.7. The first kappa shape index (κ1) is 31.0. The number of benzene rings is 3. The highest BCUT2D eigenvalue weighted by Gasteiger charge is 2.54. The van der Waals surface area contributed by atoms with Gasteiger partial charge in [0.05, 0.1) is 31.1 Å². The number of hydrogen-bond donors (Lipinski definition) is 3. The molecule has 0 spiro atoms. The molecule has 3 N–H and O–H groups in total. The number of nitrogens with zero attached hydrogens (tertiary/aromatic N) is 1. The molecule has 0 saturated carbocycles. The lowest BCUT2D eigenvalue weighted by Gasteiger charge is -2.36. The van der Waals surface area contributed by atoms with Crippen molar-refractivity contribution < 1.29 is 24.9 Å². The third-order valence-electron chi connectivity index (χ3n) is 9.37. The third kappa shape index (κ3) is 6.12. The van der Waals surface area contributed by atoms with Gasteiger partial charge in [0, 0.05) is 16.2 Å². The molecule has 3 aromatic carbocycles. The van der Waals surface area contributed by atoms with Crippen molar-refractivity contribution in [2.45, 2.75) is 51.7 Å². The van der Waals surface area contributed by atoms with Crippen LogP contribution < -0.4 is 0 Å². The van der Waals surface area contributed by atoms with Crippen LogP contribution in [0.1, 0.15) is 55.0 Å². The summed E-state index contributed by atoms with van der Waals surface area (Å²) in [6.45, 7) is 2.02. The van der Waals surface area contributed by atoms with Gasteiger partial charge in [0.1, 0.15) is 5.75 Å². The molecule has 1 aliphatic heterocycles. The van der Waals surface area contributed by atoms with Gasteiger partial charge in [0.15, 0.2) is 0 Å². The van der Waals surface area contributed by atoms with E-state index in [9.17, 15) is 24.9 Å². The number of aliphatic hydroxyl groups is 2. The van der Waals surface area contributed by atoms with Crippen molar-refractivity contribution in [3.8, 4) is 5.75 Å². The van der Waals surface area contributed by atoms with Crippen LogP contribution in [0.15, 0.2) is 95.4 Å². The third-order valence-corrected chi connectivity index (χ3v) is 10.2. The number of thiophene rings is 1. The maximum atomic E-state index is 13.7. The summed E-state index contributed by atoms with van der Waals surface area (Å²) in [6.07, 6.45) is 4.18. The Hall–Kier alpha value is -4.04. The van der Waals surface area contributed by atoms with Gasteiger partial charge in [0.25, 0.3) is 0 Å². The first-order valence-electron chi connectivity index (χ1n) is 15.8. The Balaban J connectivity index is 1.31. The number of aliphatic hydroxyl groups excluding tert-OH is 2. The van der Waals surface area contributed by atoms with E-state index >= 15 is 0 Å². The number of fused-ring (bicyclic) bond motifs is 2. The van der Waals surface area contributed by atoms with Crippen molar-refractivity contribution in [2.24, 2.45) is 17.8 Å². The molecule has 45 heavy (non-hydrogen) atoms. The highest BCUT2D eigenvalue weighted by molar-refractivity contribution is 7.09. The number of rotatable bonds is 11. The highest BCUT2D eigenvalue weighted by Crippen LogP contribution is 2.48. The van der Waals surface area contributed by atoms with Crippen LogP contribution in [0, 0.1) is 17.8 Å². The van der Waals surface area contributed by atoms with Gasteiger partial charge in [-0.2, -0.15) is 0 Å². The Labute approximate surface area is 268 Å². The van der Waals surface area contributed by atoms with Crippen LogP contribution in [0.4, 0.5) is 0 Å². The number of aromatic hydroxyl groups is 1. The Bertz CT molecular complexity index is 1740. The Morgan fingerprint density at radius 1 is 0.978 bits per heavy atom. The zero-order valence-electron chi connectivity index (χ0n) is 25.4. The van der Waals surface area contributed by atoms with Crippen LogP contribution in [-0.2, 0) is 16.1 Å². The van der Waals surface area contributed by atoms with Gasteiger partial charge in [0.2, 0.25) is 11.8 Å². The normalized spacial score (nSPS) is 21.1. The summed E-state index contributed by atoms with van der Waals surface area (Å²) < 4.78 is 0. The summed E-state index contributed by atoms with van der Waals surface area (Å²) in [7, 11) is 0. The lowest BCUT2D eigenvalue weighted by molar-refractivity contribution is -0.140. The van der Waals surface area contributed by atoms with Crippen LogP contribution >= 0.6 is 11.3 Å². The van der Waals surface area contributed by atoms with Crippen LogP contribution in [0.2, 0.25) is 0 Å². The first-order chi connectivity index (χ1) is 21.9.